The number of nitrogens with one attached hydrogen (secondary N) is 1. The van der Waals surface area contributed by atoms with E-state index in [-0.39, 0.29) is 24.0 Å². The van der Waals surface area contributed by atoms with Crippen LogP contribution in [-0.4, -0.2) is 57.7 Å². The first kappa shape index (κ1) is 23.7. The second-order valence-corrected chi connectivity index (χ2v) is 8.49. The molecule has 0 aliphatic carbocycles. The van der Waals surface area contributed by atoms with Crippen molar-refractivity contribution in [2.45, 2.75) is 19.3 Å². The van der Waals surface area contributed by atoms with Gasteiger partial charge in [-0.05, 0) is 48.8 Å². The molecule has 4 rings (SSSR count). The van der Waals surface area contributed by atoms with Gasteiger partial charge in [-0.25, -0.2) is 0 Å². The highest BCUT2D eigenvalue weighted by atomic mass is 127. The van der Waals surface area contributed by atoms with Crippen molar-refractivity contribution in [3.63, 3.8) is 0 Å². The van der Waals surface area contributed by atoms with Gasteiger partial charge in [-0.3, -0.25) is 4.99 Å². The Balaban J connectivity index is 0.00000272. The molecule has 2 aliphatic rings. The SMILES string of the molecule is CN=C(NCC1CCN(c2ccccc2OC)C1)N1CCC(Cc2ccccc2)C1.I. The van der Waals surface area contributed by atoms with Crippen LogP contribution >= 0.6 is 24.0 Å². The normalized spacial score (nSPS) is 21.2. The molecule has 0 aromatic heterocycles. The summed E-state index contributed by atoms with van der Waals surface area (Å²) in [5.74, 6) is 3.34. The number of likely N-dealkylation sites (tertiary alicyclic amines) is 1. The number of rotatable bonds is 6. The molecule has 2 unspecified atom stereocenters. The molecule has 0 amide bonds. The number of guanidine groups is 1. The van der Waals surface area contributed by atoms with Gasteiger partial charge in [-0.15, -0.1) is 24.0 Å². The van der Waals surface area contributed by atoms with Crippen LogP contribution in [0.2, 0.25) is 0 Å². The maximum Gasteiger partial charge on any atom is 0.193 e. The Bertz CT molecular complexity index is 844. The van der Waals surface area contributed by atoms with Gasteiger partial charge in [0.1, 0.15) is 5.75 Å². The third-order valence-corrected chi connectivity index (χ3v) is 6.42. The van der Waals surface area contributed by atoms with Crippen molar-refractivity contribution in [2.75, 3.05) is 51.8 Å². The molecule has 6 heteroatoms. The lowest BCUT2D eigenvalue weighted by atomic mass is 9.99. The summed E-state index contributed by atoms with van der Waals surface area (Å²) in [5.41, 5.74) is 2.64. The van der Waals surface area contributed by atoms with Crippen LogP contribution in [0.3, 0.4) is 0 Å². The maximum absolute atomic E-state index is 5.55. The number of para-hydroxylation sites is 2. The number of ether oxygens (including phenoxy) is 1. The van der Waals surface area contributed by atoms with E-state index in [9.17, 15) is 0 Å². The molecule has 5 nitrogen and oxygen atoms in total. The van der Waals surface area contributed by atoms with Gasteiger partial charge in [0.25, 0.3) is 0 Å². The Morgan fingerprint density at radius 3 is 2.52 bits per heavy atom. The van der Waals surface area contributed by atoms with Crippen molar-refractivity contribution < 1.29 is 4.74 Å². The van der Waals surface area contributed by atoms with E-state index in [4.69, 9.17) is 4.74 Å². The third kappa shape index (κ3) is 6.05. The van der Waals surface area contributed by atoms with Gasteiger partial charge >= 0.3 is 0 Å². The lowest BCUT2D eigenvalue weighted by Crippen LogP contribution is -2.42. The minimum absolute atomic E-state index is 0. The van der Waals surface area contributed by atoms with Crippen LogP contribution in [0.25, 0.3) is 0 Å². The monoisotopic (exact) mass is 534 g/mol. The molecule has 2 saturated heterocycles. The third-order valence-electron chi connectivity index (χ3n) is 6.42. The Morgan fingerprint density at radius 1 is 1.00 bits per heavy atom. The van der Waals surface area contributed by atoms with Gasteiger partial charge in [-0.1, -0.05) is 42.5 Å². The van der Waals surface area contributed by atoms with E-state index in [1.54, 1.807) is 7.11 Å². The molecule has 2 atom stereocenters. The molecule has 2 aromatic rings. The van der Waals surface area contributed by atoms with E-state index in [0.717, 1.165) is 50.9 Å². The van der Waals surface area contributed by atoms with E-state index in [0.29, 0.717) is 11.8 Å². The van der Waals surface area contributed by atoms with Crippen molar-refractivity contribution in [3.8, 4) is 5.75 Å². The predicted octanol–water partition coefficient (Wildman–Crippen LogP) is 4.28. The molecule has 2 heterocycles. The molecule has 168 valence electrons. The van der Waals surface area contributed by atoms with Gasteiger partial charge in [0, 0.05) is 39.8 Å². The maximum atomic E-state index is 5.55. The summed E-state index contributed by atoms with van der Waals surface area (Å²) in [5, 5.41) is 3.66. The highest BCUT2D eigenvalue weighted by Crippen LogP contribution is 2.31. The van der Waals surface area contributed by atoms with Crippen LogP contribution in [0.5, 0.6) is 5.75 Å². The molecular weight excluding hydrogens is 499 g/mol. The van der Waals surface area contributed by atoms with Crippen molar-refractivity contribution >= 4 is 35.6 Å². The largest absolute Gasteiger partial charge is 0.495 e. The molecular formula is C25H35IN4O. The zero-order chi connectivity index (χ0) is 20.8. The number of methoxy groups -OCH3 is 1. The van der Waals surface area contributed by atoms with E-state index >= 15 is 0 Å². The highest BCUT2D eigenvalue weighted by molar-refractivity contribution is 14.0. The van der Waals surface area contributed by atoms with Gasteiger partial charge in [0.2, 0.25) is 0 Å². The zero-order valence-corrected chi connectivity index (χ0v) is 21.0. The van der Waals surface area contributed by atoms with Gasteiger partial charge in [-0.2, -0.15) is 0 Å². The summed E-state index contributed by atoms with van der Waals surface area (Å²) in [6, 6.07) is 19.2. The second-order valence-electron chi connectivity index (χ2n) is 8.49. The minimum Gasteiger partial charge on any atom is -0.495 e. The molecule has 31 heavy (non-hydrogen) atoms. The van der Waals surface area contributed by atoms with Crippen LogP contribution in [0.1, 0.15) is 18.4 Å². The summed E-state index contributed by atoms with van der Waals surface area (Å²) in [6.45, 7) is 5.29. The number of benzene rings is 2. The number of anilines is 1. The van der Waals surface area contributed by atoms with Crippen LogP contribution in [-0.2, 0) is 6.42 Å². The number of aliphatic imine (C=N–C) groups is 1. The molecule has 0 spiro atoms. The number of hydrogen-bond donors (Lipinski definition) is 1. The lowest BCUT2D eigenvalue weighted by molar-refractivity contribution is 0.414. The topological polar surface area (TPSA) is 40.1 Å². The average molecular weight is 534 g/mol. The summed E-state index contributed by atoms with van der Waals surface area (Å²) in [6.07, 6.45) is 3.59. The predicted molar refractivity (Wildman–Crippen MR) is 140 cm³/mol. The molecule has 0 saturated carbocycles. The highest BCUT2D eigenvalue weighted by Gasteiger charge is 2.27. The summed E-state index contributed by atoms with van der Waals surface area (Å²) >= 11 is 0. The second kappa shape index (κ2) is 11.6. The molecule has 0 bridgehead atoms. The number of halogens is 1. The van der Waals surface area contributed by atoms with Gasteiger partial charge in [0.15, 0.2) is 5.96 Å². The minimum atomic E-state index is 0. The first-order chi connectivity index (χ1) is 14.8. The molecule has 0 radical (unpaired) electrons. The van der Waals surface area contributed by atoms with Crippen molar-refractivity contribution in [2.24, 2.45) is 16.8 Å². The number of nitrogens with zero attached hydrogens (tertiary/aromatic N) is 3. The average Bonchev–Trinajstić information content (AvgIpc) is 3.45. The molecule has 2 aromatic carbocycles. The first-order valence-corrected chi connectivity index (χ1v) is 11.1. The van der Waals surface area contributed by atoms with Crippen molar-refractivity contribution in [1.82, 2.24) is 10.2 Å². The fourth-order valence-electron chi connectivity index (χ4n) is 4.82. The van der Waals surface area contributed by atoms with E-state index in [1.165, 1.54) is 24.1 Å². The van der Waals surface area contributed by atoms with E-state index in [2.05, 4.69) is 62.6 Å². The molecule has 2 aliphatic heterocycles. The zero-order valence-electron chi connectivity index (χ0n) is 18.7. The molecule has 2 fully saturated rings. The van der Waals surface area contributed by atoms with Gasteiger partial charge < -0.3 is 19.9 Å². The van der Waals surface area contributed by atoms with Crippen LogP contribution in [0.4, 0.5) is 5.69 Å². The Kier molecular flexibility index (Phi) is 8.87. The standard InChI is InChI=1S/C25H34N4O.HI/c1-26-25(29-15-12-21(18-29)16-20-8-4-3-5-9-20)27-17-22-13-14-28(19-22)23-10-6-7-11-24(23)30-2;/h3-11,21-22H,12-19H2,1-2H3,(H,26,27);1H. The van der Waals surface area contributed by atoms with Crippen LogP contribution < -0.4 is 15.0 Å². The summed E-state index contributed by atoms with van der Waals surface area (Å²) < 4.78 is 5.55. The number of hydrogen-bond acceptors (Lipinski definition) is 3. The smallest absolute Gasteiger partial charge is 0.193 e. The molecule has 1 N–H and O–H groups in total. The van der Waals surface area contributed by atoms with E-state index in [1.807, 2.05) is 19.2 Å². The summed E-state index contributed by atoms with van der Waals surface area (Å²) in [7, 11) is 3.65. The first-order valence-electron chi connectivity index (χ1n) is 11.1. The Morgan fingerprint density at radius 2 is 1.74 bits per heavy atom. The fraction of sp³-hybridized carbons (Fsp3) is 0.480. The van der Waals surface area contributed by atoms with Gasteiger partial charge in [0.05, 0.1) is 12.8 Å². The van der Waals surface area contributed by atoms with Crippen LogP contribution in [0.15, 0.2) is 59.6 Å². The van der Waals surface area contributed by atoms with Crippen molar-refractivity contribution in [3.05, 3.63) is 60.2 Å². The van der Waals surface area contributed by atoms with Crippen molar-refractivity contribution in [1.29, 1.82) is 0 Å². The van der Waals surface area contributed by atoms with E-state index < -0.39 is 0 Å². The van der Waals surface area contributed by atoms with Crippen LogP contribution in [0, 0.1) is 11.8 Å². The fourth-order valence-corrected chi connectivity index (χ4v) is 4.82. The quantitative estimate of drug-likeness (QED) is 0.341. The Hall–Kier alpha value is -1.96. The lowest BCUT2D eigenvalue weighted by Gasteiger charge is -2.24. The summed E-state index contributed by atoms with van der Waals surface area (Å²) in [4.78, 5) is 9.45. The Labute approximate surface area is 203 Å².